The van der Waals surface area contributed by atoms with Gasteiger partial charge in [0.2, 0.25) is 5.91 Å². The van der Waals surface area contributed by atoms with Gasteiger partial charge in [0.15, 0.2) is 0 Å². The van der Waals surface area contributed by atoms with E-state index in [1.807, 2.05) is 13.8 Å². The van der Waals surface area contributed by atoms with E-state index in [1.54, 1.807) is 0 Å². The van der Waals surface area contributed by atoms with Crippen molar-refractivity contribution in [3.63, 3.8) is 0 Å². The number of esters is 1. The van der Waals surface area contributed by atoms with Crippen LogP contribution in [0.2, 0.25) is 0 Å². The Balaban J connectivity index is 1.63. The Morgan fingerprint density at radius 2 is 1.87 bits per heavy atom. The smallest absolute Gasteiger partial charge is 0.341 e. The molecule has 5 unspecified atom stereocenters. The molecule has 3 aliphatic rings. The number of carboxylic acid groups (broad SMARTS) is 1. The Labute approximate surface area is 181 Å². The van der Waals surface area contributed by atoms with Crippen molar-refractivity contribution in [2.45, 2.75) is 71.8 Å². The molecule has 0 aliphatic heterocycles. The average Bonchev–Trinajstić information content (AvgIpc) is 3.38. The van der Waals surface area contributed by atoms with E-state index in [0.717, 1.165) is 55.4 Å². The summed E-state index contributed by atoms with van der Waals surface area (Å²) in [6.45, 7) is 5.81. The molecule has 164 valence electrons. The zero-order valence-corrected chi connectivity index (χ0v) is 18.7. The summed E-state index contributed by atoms with van der Waals surface area (Å²) in [4.78, 5) is 39.1. The van der Waals surface area contributed by atoms with E-state index < -0.39 is 23.8 Å². The molecule has 0 radical (unpaired) electrons. The van der Waals surface area contributed by atoms with Gasteiger partial charge in [0.1, 0.15) is 5.00 Å². The highest BCUT2D eigenvalue weighted by molar-refractivity contribution is 7.17. The number of carboxylic acids is 1. The van der Waals surface area contributed by atoms with Crippen LogP contribution in [0.25, 0.3) is 0 Å². The molecule has 2 N–H and O–H groups in total. The summed E-state index contributed by atoms with van der Waals surface area (Å²) in [5.41, 5.74) is 1.50. The van der Waals surface area contributed by atoms with Crippen molar-refractivity contribution >= 4 is 34.2 Å². The minimum absolute atomic E-state index is 0.0930. The van der Waals surface area contributed by atoms with Crippen molar-refractivity contribution in [3.8, 4) is 0 Å². The van der Waals surface area contributed by atoms with Gasteiger partial charge < -0.3 is 15.2 Å². The van der Waals surface area contributed by atoms with Crippen LogP contribution in [0.3, 0.4) is 0 Å². The second-order valence-electron chi connectivity index (χ2n) is 9.39. The second-order valence-corrected chi connectivity index (χ2v) is 10.5. The van der Waals surface area contributed by atoms with E-state index in [1.165, 1.54) is 11.3 Å². The number of rotatable bonds is 6. The maximum Gasteiger partial charge on any atom is 0.341 e. The fourth-order valence-electron chi connectivity index (χ4n) is 5.80. The Bertz CT molecular complexity index is 860. The fourth-order valence-corrected chi connectivity index (χ4v) is 7.15. The van der Waals surface area contributed by atoms with E-state index in [0.29, 0.717) is 16.5 Å². The van der Waals surface area contributed by atoms with Gasteiger partial charge in [0.05, 0.1) is 23.5 Å². The number of aliphatic carboxylic acids is 1. The Kier molecular flexibility index (Phi) is 5.93. The molecule has 30 heavy (non-hydrogen) atoms. The molecule has 1 heterocycles. The third-order valence-electron chi connectivity index (χ3n) is 7.23. The van der Waals surface area contributed by atoms with Crippen molar-refractivity contribution < 1.29 is 24.2 Å². The lowest BCUT2D eigenvalue weighted by Gasteiger charge is -2.27. The maximum absolute atomic E-state index is 13.2. The van der Waals surface area contributed by atoms with Crippen LogP contribution in [0.4, 0.5) is 5.00 Å². The van der Waals surface area contributed by atoms with Gasteiger partial charge in [-0.15, -0.1) is 11.3 Å². The molecule has 3 aliphatic carbocycles. The molecular weight excluding hydrogens is 402 g/mol. The number of nitrogens with one attached hydrogen (secondary N) is 1. The summed E-state index contributed by atoms with van der Waals surface area (Å²) in [5.74, 6) is -1.84. The quantitative estimate of drug-likeness (QED) is 0.644. The molecule has 5 atom stereocenters. The number of ether oxygens (including phenoxy) is 1. The number of carbonyl (C=O) groups excluding carboxylic acids is 2. The summed E-state index contributed by atoms with van der Waals surface area (Å²) < 4.78 is 5.49. The second kappa shape index (κ2) is 8.33. The lowest BCUT2D eigenvalue weighted by atomic mass is 9.78. The summed E-state index contributed by atoms with van der Waals surface area (Å²) in [6.07, 6.45) is 6.23. The molecule has 2 fully saturated rings. The number of anilines is 1. The molecule has 1 aromatic heterocycles. The number of fused-ring (bicyclic) bond motifs is 3. The predicted octanol–water partition coefficient (Wildman–Crippen LogP) is 4.51. The van der Waals surface area contributed by atoms with Gasteiger partial charge in [-0.1, -0.05) is 13.3 Å². The molecule has 2 bridgehead atoms. The molecule has 7 heteroatoms. The van der Waals surface area contributed by atoms with Gasteiger partial charge in [0, 0.05) is 4.88 Å². The lowest BCUT2D eigenvalue weighted by molar-refractivity contribution is -0.148. The molecule has 6 nitrogen and oxygen atoms in total. The Hall–Kier alpha value is -1.89. The first kappa shape index (κ1) is 21.3. The van der Waals surface area contributed by atoms with Gasteiger partial charge in [-0.25, -0.2) is 4.79 Å². The molecule has 0 saturated heterocycles. The number of thiophene rings is 1. The predicted molar refractivity (Wildman–Crippen MR) is 115 cm³/mol. The third kappa shape index (κ3) is 3.77. The van der Waals surface area contributed by atoms with Crippen LogP contribution in [0.15, 0.2) is 0 Å². The number of carbonyl (C=O) groups is 3. The Morgan fingerprint density at radius 3 is 2.50 bits per heavy atom. The maximum atomic E-state index is 13.2. The van der Waals surface area contributed by atoms with Crippen LogP contribution in [0.5, 0.6) is 0 Å². The molecule has 0 aromatic carbocycles. The first-order chi connectivity index (χ1) is 14.3. The molecule has 0 spiro atoms. The normalized spacial score (nSPS) is 29.7. The van der Waals surface area contributed by atoms with E-state index >= 15 is 0 Å². The zero-order chi connectivity index (χ0) is 21.6. The first-order valence-corrected chi connectivity index (χ1v) is 12.0. The summed E-state index contributed by atoms with van der Waals surface area (Å²) in [5, 5.41) is 13.2. The van der Waals surface area contributed by atoms with Crippen molar-refractivity contribution in [1.82, 2.24) is 0 Å². The van der Waals surface area contributed by atoms with Crippen molar-refractivity contribution in [2.24, 2.45) is 29.6 Å². The summed E-state index contributed by atoms with van der Waals surface area (Å²) >= 11 is 1.47. The minimum atomic E-state index is -0.877. The van der Waals surface area contributed by atoms with Crippen LogP contribution in [0, 0.1) is 29.6 Å². The van der Waals surface area contributed by atoms with E-state index in [-0.39, 0.29) is 23.8 Å². The largest absolute Gasteiger partial charge is 0.481 e. The highest BCUT2D eigenvalue weighted by Gasteiger charge is 2.54. The van der Waals surface area contributed by atoms with E-state index in [2.05, 4.69) is 12.2 Å². The van der Waals surface area contributed by atoms with Crippen LogP contribution in [-0.2, 0) is 27.2 Å². The summed E-state index contributed by atoms with van der Waals surface area (Å²) in [7, 11) is 0. The van der Waals surface area contributed by atoms with Crippen LogP contribution in [0.1, 0.15) is 73.7 Å². The monoisotopic (exact) mass is 433 g/mol. The third-order valence-corrected chi connectivity index (χ3v) is 8.40. The van der Waals surface area contributed by atoms with Gasteiger partial charge in [-0.05, 0) is 75.7 Å². The number of hydrogen-bond acceptors (Lipinski definition) is 5. The molecular formula is C23H31NO5S. The molecule has 1 amide bonds. The van der Waals surface area contributed by atoms with Crippen molar-refractivity contribution in [3.05, 3.63) is 16.0 Å². The van der Waals surface area contributed by atoms with Gasteiger partial charge in [-0.2, -0.15) is 0 Å². The standard InChI is InChI=1S/C23H31NO5S/c1-4-12-5-8-15-16(9-12)30-21(19(15)23(28)29-11(2)3)24-20(25)17-13-6-7-14(10-13)18(17)22(26)27/h11-14,17-18H,4-10H2,1-3H3,(H,24,25)(H,26,27). The Morgan fingerprint density at radius 1 is 1.17 bits per heavy atom. The number of amides is 1. The average molecular weight is 434 g/mol. The molecule has 1 aromatic rings. The SMILES string of the molecule is CCC1CCc2c(sc(NC(=O)C3C4CCC(C4)C3C(=O)O)c2C(=O)OC(C)C)C1. The van der Waals surface area contributed by atoms with Gasteiger partial charge in [-0.3, -0.25) is 9.59 Å². The zero-order valence-electron chi connectivity index (χ0n) is 17.9. The van der Waals surface area contributed by atoms with Crippen molar-refractivity contribution in [2.75, 3.05) is 5.32 Å². The van der Waals surface area contributed by atoms with Crippen molar-refractivity contribution in [1.29, 1.82) is 0 Å². The van der Waals surface area contributed by atoms with Crippen LogP contribution < -0.4 is 5.32 Å². The minimum Gasteiger partial charge on any atom is -0.481 e. The van der Waals surface area contributed by atoms with Gasteiger partial charge in [0.25, 0.3) is 0 Å². The topological polar surface area (TPSA) is 92.7 Å². The van der Waals surface area contributed by atoms with E-state index in [9.17, 15) is 19.5 Å². The first-order valence-electron chi connectivity index (χ1n) is 11.2. The van der Waals surface area contributed by atoms with E-state index in [4.69, 9.17) is 4.74 Å². The summed E-state index contributed by atoms with van der Waals surface area (Å²) in [6, 6.07) is 0. The van der Waals surface area contributed by atoms with Crippen LogP contribution >= 0.6 is 11.3 Å². The highest BCUT2D eigenvalue weighted by Crippen LogP contribution is 2.53. The highest BCUT2D eigenvalue weighted by atomic mass is 32.1. The molecule has 4 rings (SSSR count). The fraction of sp³-hybridized carbons (Fsp3) is 0.696. The van der Waals surface area contributed by atoms with Crippen LogP contribution in [-0.4, -0.2) is 29.1 Å². The lowest BCUT2D eigenvalue weighted by Crippen LogP contribution is -2.38. The van der Waals surface area contributed by atoms with Gasteiger partial charge >= 0.3 is 11.9 Å². The molecule has 2 saturated carbocycles. The number of hydrogen-bond donors (Lipinski definition) is 2.